The van der Waals surface area contributed by atoms with Crippen LogP contribution in [0.5, 0.6) is 11.5 Å². The van der Waals surface area contributed by atoms with E-state index in [4.69, 9.17) is 16.3 Å². The quantitative estimate of drug-likeness (QED) is 0.601. The summed E-state index contributed by atoms with van der Waals surface area (Å²) in [4.78, 5) is 36.6. The molecule has 1 saturated heterocycles. The number of hydrazine groups is 1. The van der Waals surface area contributed by atoms with Gasteiger partial charge >= 0.3 is 6.03 Å². The van der Waals surface area contributed by atoms with E-state index < -0.39 is 23.4 Å². The third-order valence-electron chi connectivity index (χ3n) is 4.56. The number of carbonyl (C=O) groups excluding carboxylic acids is 3. The van der Waals surface area contributed by atoms with Gasteiger partial charge < -0.3 is 15.4 Å². The van der Waals surface area contributed by atoms with Gasteiger partial charge in [0.2, 0.25) is 0 Å². The number of hydrogen-bond acceptors (Lipinski definition) is 5. The van der Waals surface area contributed by atoms with Gasteiger partial charge in [0.25, 0.3) is 11.8 Å². The topological polar surface area (TPSA) is 99.8 Å². The maximum Gasteiger partial charge on any atom is 0.344 e. The van der Waals surface area contributed by atoms with E-state index in [2.05, 4.69) is 16.1 Å². The molecule has 0 spiro atoms. The summed E-state index contributed by atoms with van der Waals surface area (Å²) in [6.07, 6.45) is 0.408. The summed E-state index contributed by atoms with van der Waals surface area (Å²) in [7, 11) is 0. The Morgan fingerprint density at radius 3 is 2.59 bits per heavy atom. The van der Waals surface area contributed by atoms with Crippen molar-refractivity contribution in [3.05, 3.63) is 53.6 Å². The molecule has 1 heterocycles. The molecule has 1 unspecified atom stereocenters. The number of carbonyl (C=O) groups is 3. The van der Waals surface area contributed by atoms with Crippen molar-refractivity contribution >= 4 is 35.1 Å². The molecule has 1 atom stereocenters. The summed E-state index contributed by atoms with van der Waals surface area (Å²) in [5.74, 6) is 0.0242. The van der Waals surface area contributed by atoms with Gasteiger partial charge in [-0.3, -0.25) is 15.0 Å². The van der Waals surface area contributed by atoms with Gasteiger partial charge in [0.05, 0.1) is 12.2 Å². The molecule has 3 N–H and O–H groups in total. The molecule has 3 rings (SSSR count). The monoisotopic (exact) mass is 416 g/mol. The van der Waals surface area contributed by atoms with Crippen LogP contribution >= 0.6 is 11.6 Å². The average molecular weight is 417 g/mol. The van der Waals surface area contributed by atoms with Crippen LogP contribution in [0, 0.1) is 0 Å². The second-order valence-corrected chi connectivity index (χ2v) is 7.14. The number of anilines is 1. The largest absolute Gasteiger partial charge is 0.455 e. The van der Waals surface area contributed by atoms with Crippen molar-refractivity contribution in [2.24, 2.45) is 0 Å². The number of urea groups is 1. The molecule has 1 aliphatic rings. The Kier molecular flexibility index (Phi) is 5.93. The first kappa shape index (κ1) is 20.5. The fraction of sp³-hybridized carbons (Fsp3) is 0.250. The fourth-order valence-corrected chi connectivity index (χ4v) is 2.88. The van der Waals surface area contributed by atoms with Crippen molar-refractivity contribution in [2.75, 3.05) is 11.9 Å². The zero-order valence-corrected chi connectivity index (χ0v) is 16.7. The van der Waals surface area contributed by atoms with Crippen molar-refractivity contribution in [2.45, 2.75) is 25.8 Å². The number of hydrogen-bond donors (Lipinski definition) is 3. The lowest BCUT2D eigenvalue weighted by Gasteiger charge is -2.19. The molecule has 2 aromatic rings. The minimum Gasteiger partial charge on any atom is -0.455 e. The van der Waals surface area contributed by atoms with E-state index in [1.54, 1.807) is 44.2 Å². The lowest BCUT2D eigenvalue weighted by atomic mass is 10.00. The number of ether oxygens (including phenoxy) is 1. The van der Waals surface area contributed by atoms with E-state index >= 15 is 0 Å². The third kappa shape index (κ3) is 4.60. The summed E-state index contributed by atoms with van der Waals surface area (Å²) in [6, 6.07) is 13.5. The summed E-state index contributed by atoms with van der Waals surface area (Å²) < 4.78 is 5.82. The van der Waals surface area contributed by atoms with Crippen LogP contribution in [-0.2, 0) is 9.59 Å². The summed E-state index contributed by atoms with van der Waals surface area (Å²) in [6.45, 7) is 3.18. The average Bonchev–Trinajstić information content (AvgIpc) is 2.92. The normalized spacial score (nSPS) is 18.4. The van der Waals surface area contributed by atoms with E-state index in [1.165, 1.54) is 0 Å². The van der Waals surface area contributed by atoms with Gasteiger partial charge in [0.15, 0.2) is 5.75 Å². The number of amides is 4. The molecule has 0 saturated carbocycles. The Morgan fingerprint density at radius 2 is 1.93 bits per heavy atom. The first-order valence-electron chi connectivity index (χ1n) is 9.05. The van der Waals surface area contributed by atoms with Crippen LogP contribution in [0.4, 0.5) is 10.5 Å². The molecule has 0 radical (unpaired) electrons. The Morgan fingerprint density at radius 1 is 1.21 bits per heavy atom. The minimum absolute atomic E-state index is 0.203. The predicted molar refractivity (Wildman–Crippen MR) is 109 cm³/mol. The maximum absolute atomic E-state index is 12.4. The highest BCUT2D eigenvalue weighted by Crippen LogP contribution is 2.31. The highest BCUT2D eigenvalue weighted by Gasteiger charge is 2.47. The molecule has 2 aromatic carbocycles. The maximum atomic E-state index is 12.4. The van der Waals surface area contributed by atoms with Gasteiger partial charge in [-0.2, -0.15) is 5.01 Å². The van der Waals surface area contributed by atoms with Crippen LogP contribution < -0.4 is 20.8 Å². The lowest BCUT2D eigenvalue weighted by molar-refractivity contribution is -0.138. The number of halogens is 1. The molecule has 0 aliphatic carbocycles. The number of benzene rings is 2. The second kappa shape index (κ2) is 8.40. The van der Waals surface area contributed by atoms with Crippen molar-refractivity contribution in [3.8, 4) is 11.5 Å². The van der Waals surface area contributed by atoms with Gasteiger partial charge in [0, 0.05) is 5.02 Å². The van der Waals surface area contributed by atoms with Gasteiger partial charge in [-0.05, 0) is 43.7 Å². The van der Waals surface area contributed by atoms with Gasteiger partial charge in [-0.15, -0.1) is 0 Å². The van der Waals surface area contributed by atoms with Gasteiger partial charge in [-0.1, -0.05) is 36.7 Å². The molecule has 9 heteroatoms. The van der Waals surface area contributed by atoms with Crippen LogP contribution in [0.25, 0.3) is 0 Å². The summed E-state index contributed by atoms with van der Waals surface area (Å²) in [5, 5.41) is 6.65. The van der Waals surface area contributed by atoms with Crippen LogP contribution in [0.1, 0.15) is 20.3 Å². The Labute approximate surface area is 173 Å². The molecular weight excluding hydrogens is 396 g/mol. The number of para-hydroxylation sites is 1. The molecule has 1 fully saturated rings. The number of nitrogens with one attached hydrogen (secondary N) is 3. The molecule has 8 nitrogen and oxygen atoms in total. The molecule has 4 amide bonds. The first-order valence-corrected chi connectivity index (χ1v) is 9.42. The van der Waals surface area contributed by atoms with Crippen LogP contribution in [0.2, 0.25) is 5.02 Å². The zero-order chi connectivity index (χ0) is 21.0. The van der Waals surface area contributed by atoms with Crippen molar-refractivity contribution < 1.29 is 19.1 Å². The Bertz CT molecular complexity index is 937. The van der Waals surface area contributed by atoms with E-state index in [9.17, 15) is 14.4 Å². The summed E-state index contributed by atoms with van der Waals surface area (Å²) >= 11 is 6.06. The van der Waals surface area contributed by atoms with Gasteiger partial charge in [-0.25, -0.2) is 4.79 Å². The molecule has 0 aromatic heterocycles. The Balaban J connectivity index is 1.65. The Hall–Kier alpha value is -3.26. The fourth-order valence-electron chi connectivity index (χ4n) is 2.71. The standard InChI is InChI=1S/C20H21ClN4O4/c1-3-20(2)18(27)25(19(28)23-20)24-17(26)12-22-15-11-13(21)9-10-16(15)29-14-7-5-4-6-8-14/h4-11,22H,3,12H2,1-2H3,(H,23,28)(H,24,26). The smallest absolute Gasteiger partial charge is 0.344 e. The third-order valence-corrected chi connectivity index (χ3v) is 4.79. The molecule has 0 bridgehead atoms. The second-order valence-electron chi connectivity index (χ2n) is 6.70. The van der Waals surface area contributed by atoms with Crippen molar-refractivity contribution in [1.82, 2.24) is 15.8 Å². The number of nitrogens with zero attached hydrogens (tertiary/aromatic N) is 1. The van der Waals surface area contributed by atoms with Crippen LogP contribution in [-0.4, -0.2) is 34.9 Å². The van der Waals surface area contributed by atoms with Crippen LogP contribution in [0.3, 0.4) is 0 Å². The lowest BCUT2D eigenvalue weighted by Crippen LogP contribution is -2.50. The van der Waals surface area contributed by atoms with E-state index in [-0.39, 0.29) is 6.54 Å². The molecular formula is C20H21ClN4O4. The first-order chi connectivity index (χ1) is 13.8. The van der Waals surface area contributed by atoms with E-state index in [1.807, 2.05) is 18.2 Å². The number of rotatable bonds is 7. The van der Waals surface area contributed by atoms with Crippen LogP contribution in [0.15, 0.2) is 48.5 Å². The molecule has 29 heavy (non-hydrogen) atoms. The molecule has 152 valence electrons. The molecule has 1 aliphatic heterocycles. The van der Waals surface area contributed by atoms with Crippen molar-refractivity contribution in [3.63, 3.8) is 0 Å². The van der Waals surface area contributed by atoms with E-state index in [0.717, 1.165) is 0 Å². The zero-order valence-electron chi connectivity index (χ0n) is 16.0. The number of imide groups is 1. The summed E-state index contributed by atoms with van der Waals surface area (Å²) in [5.41, 5.74) is 1.78. The predicted octanol–water partition coefficient (Wildman–Crippen LogP) is 3.30. The van der Waals surface area contributed by atoms with Crippen molar-refractivity contribution in [1.29, 1.82) is 0 Å². The SMILES string of the molecule is CCC1(C)NC(=O)N(NC(=O)CNc2cc(Cl)ccc2Oc2ccccc2)C1=O. The van der Waals surface area contributed by atoms with E-state index in [0.29, 0.717) is 33.6 Å². The highest BCUT2D eigenvalue weighted by atomic mass is 35.5. The highest BCUT2D eigenvalue weighted by molar-refractivity contribution is 6.31. The minimum atomic E-state index is -1.03. The van der Waals surface area contributed by atoms with Gasteiger partial charge in [0.1, 0.15) is 11.3 Å².